The molecule has 8 bridgehead atoms. The summed E-state index contributed by atoms with van der Waals surface area (Å²) in [4.78, 5) is 15.5. The van der Waals surface area contributed by atoms with Gasteiger partial charge in [-0.25, -0.2) is 0 Å². The normalized spacial score (nSPS) is 53.2. The largest absolute Gasteiger partial charge is 0.508 e. The van der Waals surface area contributed by atoms with Crippen LogP contribution in [0.1, 0.15) is 129 Å². The number of nitrogens with one attached hydrogen (secondary N) is 1. The highest BCUT2D eigenvalue weighted by Crippen LogP contribution is 2.86. The molecular formula is C50H69NO10. The molecule has 11 aliphatic carbocycles. The molecule has 12 aliphatic rings. The molecule has 7 saturated carbocycles. The van der Waals surface area contributed by atoms with E-state index in [1.165, 1.54) is 6.07 Å². The molecule has 8 fully saturated rings. The van der Waals surface area contributed by atoms with Gasteiger partial charge in [0.15, 0.2) is 5.78 Å². The molecule has 13 rings (SSSR count). The average Bonchev–Trinajstić information content (AvgIpc) is 3.75. The van der Waals surface area contributed by atoms with E-state index in [0.29, 0.717) is 55.3 Å². The van der Waals surface area contributed by atoms with Gasteiger partial charge in [0, 0.05) is 66.6 Å². The number of fused-ring (bicyclic) bond motifs is 8. The molecule has 1 aliphatic heterocycles. The lowest BCUT2D eigenvalue weighted by atomic mass is 9.31. The fourth-order valence-electron chi connectivity index (χ4n) is 19.1. The minimum atomic E-state index is -1.75. The number of hydrogen-bond acceptors (Lipinski definition) is 11. The molecular weight excluding hydrogens is 775 g/mol. The van der Waals surface area contributed by atoms with Crippen LogP contribution in [0.5, 0.6) is 11.5 Å². The van der Waals surface area contributed by atoms with Crippen molar-refractivity contribution < 1.29 is 50.4 Å². The summed E-state index contributed by atoms with van der Waals surface area (Å²) in [5.74, 6) is -3.95. The predicted octanol–water partition coefficient (Wildman–Crippen LogP) is 4.70. The molecule has 1 heterocycles. The molecule has 61 heavy (non-hydrogen) atoms. The van der Waals surface area contributed by atoms with Gasteiger partial charge in [-0.05, 0) is 121 Å². The fourth-order valence-corrected chi connectivity index (χ4v) is 19.1. The van der Waals surface area contributed by atoms with Crippen LogP contribution < -0.4 is 5.32 Å². The molecule has 1 unspecified atom stereocenters. The van der Waals surface area contributed by atoms with Crippen molar-refractivity contribution in [2.75, 3.05) is 19.7 Å². The van der Waals surface area contributed by atoms with Gasteiger partial charge in [0.05, 0.1) is 23.9 Å². The van der Waals surface area contributed by atoms with Crippen LogP contribution in [-0.4, -0.2) is 107 Å². The maximum Gasteiger partial charge on any atom is 0.160 e. The Morgan fingerprint density at radius 1 is 0.934 bits per heavy atom. The number of aliphatic hydroxyl groups is 6. The van der Waals surface area contributed by atoms with Gasteiger partial charge in [0.25, 0.3) is 0 Å². The number of aromatic hydroxyl groups is 2. The fraction of sp³-hybridized carbons (Fsp3) is 0.780. The third-order valence-corrected chi connectivity index (χ3v) is 21.4. The van der Waals surface area contributed by atoms with Gasteiger partial charge in [-0.15, -0.1) is 0 Å². The SMILES string of the molecule is CCNCC1=C[C@]2(C)CC[C@@H]1[C@]1(O[C@H]3C[C@]4(O)C5=CC(=O)[C@H]6[C@@H]7c8cc(O)cc(O)c8CCC8C[C@@]5(C5(CCCC5)C[C@]4(C)[C@@H]3[C@]1(O)CCO)[C@@]6(C)C[C@H](O)[C@]87O)[C@@H](O)[C@H]2C. The highest BCUT2D eigenvalue weighted by atomic mass is 16.6. The second-order valence-corrected chi connectivity index (χ2v) is 23.1. The van der Waals surface area contributed by atoms with Crippen molar-refractivity contribution in [3.63, 3.8) is 0 Å². The number of benzene rings is 1. The van der Waals surface area contributed by atoms with Crippen LogP contribution in [0.25, 0.3) is 0 Å². The monoisotopic (exact) mass is 843 g/mol. The Hall–Kier alpha value is -2.35. The van der Waals surface area contributed by atoms with Gasteiger partial charge >= 0.3 is 0 Å². The summed E-state index contributed by atoms with van der Waals surface area (Å²) in [7, 11) is 0. The van der Waals surface area contributed by atoms with E-state index in [2.05, 4.69) is 46.0 Å². The first-order valence-electron chi connectivity index (χ1n) is 23.8. The lowest BCUT2D eigenvalue weighted by Gasteiger charge is -2.73. The Morgan fingerprint density at radius 2 is 1.67 bits per heavy atom. The number of phenolic OH excluding ortho intramolecular Hbond substituents is 2. The molecule has 334 valence electrons. The van der Waals surface area contributed by atoms with Crippen molar-refractivity contribution in [1.82, 2.24) is 5.32 Å². The van der Waals surface area contributed by atoms with E-state index in [-0.39, 0.29) is 60.4 Å². The minimum Gasteiger partial charge on any atom is -0.508 e. The van der Waals surface area contributed by atoms with Crippen molar-refractivity contribution in [1.29, 1.82) is 0 Å². The smallest absolute Gasteiger partial charge is 0.160 e. The first-order chi connectivity index (χ1) is 28.7. The van der Waals surface area contributed by atoms with E-state index in [4.69, 9.17) is 4.74 Å². The first kappa shape index (κ1) is 41.4. The van der Waals surface area contributed by atoms with Gasteiger partial charge < -0.3 is 50.9 Å². The topological polar surface area (TPSA) is 200 Å². The molecule has 0 aromatic heterocycles. The second kappa shape index (κ2) is 12.5. The van der Waals surface area contributed by atoms with Crippen LogP contribution in [0.2, 0.25) is 0 Å². The number of carbonyl (C=O) groups is 1. The third-order valence-electron chi connectivity index (χ3n) is 21.4. The van der Waals surface area contributed by atoms with Crippen LogP contribution in [0.3, 0.4) is 0 Å². The number of likely N-dealkylation sites (N-methyl/N-ethyl adjacent to an activating group) is 1. The molecule has 0 radical (unpaired) electrons. The van der Waals surface area contributed by atoms with Crippen molar-refractivity contribution in [2.24, 2.45) is 56.7 Å². The first-order valence-corrected chi connectivity index (χ1v) is 23.8. The Labute approximate surface area is 359 Å². The molecule has 9 N–H and O–H groups in total. The van der Waals surface area contributed by atoms with Crippen molar-refractivity contribution in [3.8, 4) is 11.5 Å². The molecule has 3 spiro atoms. The summed E-state index contributed by atoms with van der Waals surface area (Å²) in [5, 5.41) is 104. The van der Waals surface area contributed by atoms with Crippen molar-refractivity contribution >= 4 is 5.78 Å². The summed E-state index contributed by atoms with van der Waals surface area (Å²) in [5.41, 5.74) is -7.36. The zero-order chi connectivity index (χ0) is 43.3. The van der Waals surface area contributed by atoms with Gasteiger partial charge in [-0.2, -0.15) is 0 Å². The van der Waals surface area contributed by atoms with E-state index < -0.39 is 86.0 Å². The summed E-state index contributed by atoms with van der Waals surface area (Å²) in [6.07, 6.45) is 8.13. The number of aliphatic hydroxyl groups excluding tert-OH is 3. The van der Waals surface area contributed by atoms with Crippen molar-refractivity contribution in [2.45, 2.75) is 165 Å². The summed E-state index contributed by atoms with van der Waals surface area (Å²) in [6.45, 7) is 11.6. The van der Waals surface area contributed by atoms with Gasteiger partial charge in [0.2, 0.25) is 0 Å². The molecule has 11 heteroatoms. The Kier molecular flexibility index (Phi) is 8.48. The van der Waals surface area contributed by atoms with Gasteiger partial charge in [0.1, 0.15) is 28.3 Å². The van der Waals surface area contributed by atoms with Crippen LogP contribution in [0.15, 0.2) is 35.4 Å². The zero-order valence-corrected chi connectivity index (χ0v) is 36.7. The molecule has 1 aromatic carbocycles. The lowest BCUT2D eigenvalue weighted by Crippen LogP contribution is -2.74. The van der Waals surface area contributed by atoms with Crippen LogP contribution in [0, 0.1) is 56.7 Å². The van der Waals surface area contributed by atoms with E-state index in [0.717, 1.165) is 44.2 Å². The number of phenols is 2. The third kappa shape index (κ3) is 4.35. The predicted molar refractivity (Wildman–Crippen MR) is 225 cm³/mol. The molecule has 0 amide bonds. The molecule has 1 saturated heterocycles. The average molecular weight is 844 g/mol. The van der Waals surface area contributed by atoms with Crippen LogP contribution in [-0.2, 0) is 16.0 Å². The highest BCUT2D eigenvalue weighted by Gasteiger charge is 2.88. The molecule has 1 aromatic rings. The number of allylic oxidation sites excluding steroid dienone is 2. The molecule has 11 nitrogen and oxygen atoms in total. The molecule has 17 atom stereocenters. The quantitative estimate of drug-likeness (QED) is 0.186. The summed E-state index contributed by atoms with van der Waals surface area (Å²) < 4.78 is 7.52. The maximum absolute atomic E-state index is 15.5. The number of carbonyl (C=O) groups excluding carboxylic acids is 1. The number of rotatable bonds is 5. The highest BCUT2D eigenvalue weighted by molar-refractivity contribution is 5.97. The summed E-state index contributed by atoms with van der Waals surface area (Å²) >= 11 is 0. The van der Waals surface area contributed by atoms with E-state index in [1.807, 2.05) is 0 Å². The van der Waals surface area contributed by atoms with E-state index >= 15 is 4.79 Å². The van der Waals surface area contributed by atoms with Crippen LogP contribution >= 0.6 is 0 Å². The van der Waals surface area contributed by atoms with E-state index in [1.54, 1.807) is 12.1 Å². The number of hydrogen-bond donors (Lipinski definition) is 9. The van der Waals surface area contributed by atoms with Gasteiger partial charge in [-0.3, -0.25) is 4.79 Å². The van der Waals surface area contributed by atoms with Crippen molar-refractivity contribution in [3.05, 3.63) is 46.6 Å². The Morgan fingerprint density at radius 3 is 2.38 bits per heavy atom. The number of ketones is 1. The lowest BCUT2D eigenvalue weighted by molar-refractivity contribution is -0.261. The Balaban J connectivity index is 1.13. The minimum absolute atomic E-state index is 0.0384. The second-order valence-electron chi connectivity index (χ2n) is 23.1. The van der Waals surface area contributed by atoms with Crippen LogP contribution in [0.4, 0.5) is 0 Å². The number of ether oxygens (including phenoxy) is 1. The van der Waals surface area contributed by atoms with E-state index in [9.17, 15) is 40.9 Å². The maximum atomic E-state index is 15.5. The van der Waals surface area contributed by atoms with Gasteiger partial charge in [-0.1, -0.05) is 59.1 Å². The zero-order valence-electron chi connectivity index (χ0n) is 36.7. The Bertz CT molecular complexity index is 2150. The standard InChI is InChI=1S/C50H69NO10/c1-6-51-24-27-20-42(3)14-11-32(27)50(41(57)26(42)2)47(58,15-16-52)40-35(61-50)22-48(59)36-19-34(55)39-38-31-17-29(53)18-33(54)30(31)10-9-28-21-46(36,43(39,4)23-37(56)49(28,38)60)45(12-7-8-13-45)25-44(40,48)5/h17-20,26,28,32,35,37-41,51-54,56-60H,6-16,21-25H2,1-5H3/t26-,28?,32+,35+,37+,38+,39+,40-,41+,42+,43+,44-,46+,47-,48+,49-,50+/m1/s1. The summed E-state index contributed by atoms with van der Waals surface area (Å²) in [6, 6.07) is 2.89.